The van der Waals surface area contributed by atoms with Crippen LogP contribution < -0.4 is 5.73 Å². The fourth-order valence-electron chi connectivity index (χ4n) is 3.23. The van der Waals surface area contributed by atoms with Crippen LogP contribution in [0.3, 0.4) is 0 Å². The minimum atomic E-state index is 0.180. The predicted octanol–water partition coefficient (Wildman–Crippen LogP) is 4.70. The van der Waals surface area contributed by atoms with E-state index in [-0.39, 0.29) is 5.41 Å². The molecule has 0 spiro atoms. The Balaban J connectivity index is 2.22. The fraction of sp³-hybridized carbons (Fsp3) is 0.353. The zero-order chi connectivity index (χ0) is 14.2. The lowest BCUT2D eigenvalue weighted by molar-refractivity contribution is 0.503. The average Bonchev–Trinajstić information content (AvgIpc) is 3.05. The van der Waals surface area contributed by atoms with Crippen molar-refractivity contribution in [3.63, 3.8) is 0 Å². The summed E-state index contributed by atoms with van der Waals surface area (Å²) in [5.74, 6) is 0. The zero-order valence-electron chi connectivity index (χ0n) is 11.6. The van der Waals surface area contributed by atoms with E-state index in [1.165, 1.54) is 30.6 Å². The maximum atomic E-state index is 9.31. The Bertz CT molecular complexity index is 658. The third-order valence-corrected chi connectivity index (χ3v) is 5.78. The molecule has 0 amide bonds. The van der Waals surface area contributed by atoms with Gasteiger partial charge in [0.2, 0.25) is 0 Å². The summed E-state index contributed by atoms with van der Waals surface area (Å²) >= 11 is 1.59. The summed E-state index contributed by atoms with van der Waals surface area (Å²) in [7, 11) is 0. The lowest BCUT2D eigenvalue weighted by Crippen LogP contribution is -2.16. The van der Waals surface area contributed by atoms with Crippen molar-refractivity contribution in [2.75, 3.05) is 5.73 Å². The van der Waals surface area contributed by atoms with Crippen LogP contribution in [0, 0.1) is 11.3 Å². The smallest absolute Gasteiger partial charge is 0.128 e. The molecule has 0 radical (unpaired) electrons. The monoisotopic (exact) mass is 282 g/mol. The first kappa shape index (κ1) is 13.2. The van der Waals surface area contributed by atoms with E-state index in [0.717, 1.165) is 11.1 Å². The van der Waals surface area contributed by atoms with Crippen LogP contribution in [0.25, 0.3) is 11.1 Å². The van der Waals surface area contributed by atoms with E-state index in [9.17, 15) is 5.26 Å². The van der Waals surface area contributed by atoms with Gasteiger partial charge in [0.15, 0.2) is 0 Å². The first-order valence-electron chi connectivity index (χ1n) is 7.04. The number of benzene rings is 1. The molecular formula is C17H18N2S. The number of hydrogen-bond donors (Lipinski definition) is 1. The number of nitriles is 1. The molecule has 3 heteroatoms. The molecule has 1 aliphatic rings. The lowest BCUT2D eigenvalue weighted by atomic mass is 9.83. The average molecular weight is 282 g/mol. The summed E-state index contributed by atoms with van der Waals surface area (Å²) in [6, 6.07) is 12.5. The second-order valence-corrected chi connectivity index (χ2v) is 6.82. The molecule has 1 aromatic heterocycles. The van der Waals surface area contributed by atoms with Crippen LogP contribution in [-0.4, -0.2) is 0 Å². The maximum absolute atomic E-state index is 9.31. The number of nitrogen functional groups attached to an aromatic ring is 1. The molecule has 102 valence electrons. The Labute approximate surface area is 123 Å². The van der Waals surface area contributed by atoms with Crippen LogP contribution in [0.15, 0.2) is 30.3 Å². The highest BCUT2D eigenvalue weighted by Crippen LogP contribution is 2.50. The molecule has 2 aromatic rings. The number of nitrogens with zero attached hydrogens (tertiary/aromatic N) is 1. The summed E-state index contributed by atoms with van der Waals surface area (Å²) in [4.78, 5) is 1.96. The molecule has 0 aliphatic heterocycles. The Morgan fingerprint density at radius 3 is 2.45 bits per heavy atom. The number of anilines is 1. The third kappa shape index (κ3) is 2.01. The Morgan fingerprint density at radius 2 is 1.85 bits per heavy atom. The van der Waals surface area contributed by atoms with Crippen LogP contribution >= 0.6 is 11.3 Å². The van der Waals surface area contributed by atoms with Gasteiger partial charge in [-0.2, -0.15) is 5.26 Å². The maximum Gasteiger partial charge on any atom is 0.128 e. The van der Waals surface area contributed by atoms with E-state index in [0.29, 0.717) is 10.6 Å². The van der Waals surface area contributed by atoms with Gasteiger partial charge in [0.25, 0.3) is 0 Å². The van der Waals surface area contributed by atoms with Gasteiger partial charge in [-0.15, -0.1) is 11.3 Å². The SMILES string of the molecule is CC1(c2sc(C#N)c(N)c2-c2ccccc2)CCCC1. The van der Waals surface area contributed by atoms with Crippen LogP contribution in [0.1, 0.15) is 42.4 Å². The second kappa shape index (κ2) is 4.96. The van der Waals surface area contributed by atoms with Crippen molar-refractivity contribution < 1.29 is 0 Å². The summed E-state index contributed by atoms with van der Waals surface area (Å²) in [5, 5.41) is 9.31. The molecule has 0 atom stereocenters. The van der Waals surface area contributed by atoms with E-state index < -0.39 is 0 Å². The summed E-state index contributed by atoms with van der Waals surface area (Å²) in [6.07, 6.45) is 4.92. The van der Waals surface area contributed by atoms with Gasteiger partial charge in [-0.3, -0.25) is 0 Å². The molecule has 3 rings (SSSR count). The summed E-state index contributed by atoms with van der Waals surface area (Å²) in [6.45, 7) is 2.32. The summed E-state index contributed by atoms with van der Waals surface area (Å²) < 4.78 is 0. The van der Waals surface area contributed by atoms with Crippen molar-refractivity contribution in [1.82, 2.24) is 0 Å². The normalized spacial score (nSPS) is 17.0. The minimum Gasteiger partial charge on any atom is -0.396 e. The zero-order valence-corrected chi connectivity index (χ0v) is 12.5. The van der Waals surface area contributed by atoms with Crippen molar-refractivity contribution in [2.24, 2.45) is 0 Å². The molecule has 1 fully saturated rings. The molecule has 1 aromatic carbocycles. The second-order valence-electron chi connectivity index (χ2n) is 5.79. The Hall–Kier alpha value is -1.79. The standard InChI is InChI=1S/C17H18N2S/c1-17(9-5-6-10-17)16-14(12-7-3-2-4-8-12)15(19)13(11-18)20-16/h2-4,7-8H,5-6,9-10,19H2,1H3. The van der Waals surface area contributed by atoms with Crippen molar-refractivity contribution in [3.8, 4) is 17.2 Å². The fourth-order valence-corrected chi connectivity index (χ4v) is 4.47. The van der Waals surface area contributed by atoms with Gasteiger partial charge in [0.05, 0.1) is 5.69 Å². The highest BCUT2D eigenvalue weighted by atomic mass is 32.1. The van der Waals surface area contributed by atoms with Crippen molar-refractivity contribution in [3.05, 3.63) is 40.1 Å². The first-order chi connectivity index (χ1) is 9.65. The van der Waals surface area contributed by atoms with Crippen LogP contribution in [-0.2, 0) is 5.41 Å². The molecule has 1 heterocycles. The molecule has 2 nitrogen and oxygen atoms in total. The molecule has 0 unspecified atom stereocenters. The number of rotatable bonds is 2. The van der Waals surface area contributed by atoms with Gasteiger partial charge in [0.1, 0.15) is 10.9 Å². The molecule has 1 saturated carbocycles. The van der Waals surface area contributed by atoms with Crippen LogP contribution in [0.5, 0.6) is 0 Å². The summed E-state index contributed by atoms with van der Waals surface area (Å²) in [5.41, 5.74) is 9.32. The molecule has 0 bridgehead atoms. The van der Waals surface area contributed by atoms with E-state index in [1.807, 2.05) is 18.2 Å². The molecular weight excluding hydrogens is 264 g/mol. The van der Waals surface area contributed by atoms with E-state index >= 15 is 0 Å². The van der Waals surface area contributed by atoms with Crippen molar-refractivity contribution in [1.29, 1.82) is 5.26 Å². The number of hydrogen-bond acceptors (Lipinski definition) is 3. The molecule has 0 saturated heterocycles. The van der Waals surface area contributed by atoms with Crippen molar-refractivity contribution in [2.45, 2.75) is 38.0 Å². The van der Waals surface area contributed by atoms with Gasteiger partial charge < -0.3 is 5.73 Å². The highest BCUT2D eigenvalue weighted by Gasteiger charge is 2.36. The van der Waals surface area contributed by atoms with Crippen molar-refractivity contribution >= 4 is 17.0 Å². The molecule has 20 heavy (non-hydrogen) atoms. The van der Waals surface area contributed by atoms with Gasteiger partial charge >= 0.3 is 0 Å². The van der Waals surface area contributed by atoms with E-state index in [2.05, 4.69) is 25.1 Å². The number of nitrogens with two attached hydrogens (primary N) is 1. The molecule has 1 aliphatic carbocycles. The Morgan fingerprint density at radius 1 is 1.20 bits per heavy atom. The first-order valence-corrected chi connectivity index (χ1v) is 7.85. The molecule has 2 N–H and O–H groups in total. The van der Waals surface area contributed by atoms with E-state index in [4.69, 9.17) is 5.73 Å². The van der Waals surface area contributed by atoms with Gasteiger partial charge in [0, 0.05) is 15.9 Å². The van der Waals surface area contributed by atoms with Crippen LogP contribution in [0.2, 0.25) is 0 Å². The minimum absolute atomic E-state index is 0.180. The Kier molecular flexibility index (Phi) is 3.27. The number of thiophene rings is 1. The van der Waals surface area contributed by atoms with E-state index in [1.54, 1.807) is 11.3 Å². The third-order valence-electron chi connectivity index (χ3n) is 4.36. The predicted molar refractivity (Wildman–Crippen MR) is 84.7 cm³/mol. The highest BCUT2D eigenvalue weighted by molar-refractivity contribution is 7.14. The lowest BCUT2D eigenvalue weighted by Gasteiger charge is -2.24. The van der Waals surface area contributed by atoms with Gasteiger partial charge in [-0.05, 0) is 18.4 Å². The topological polar surface area (TPSA) is 49.8 Å². The quantitative estimate of drug-likeness (QED) is 0.867. The van der Waals surface area contributed by atoms with Gasteiger partial charge in [-0.25, -0.2) is 0 Å². The largest absolute Gasteiger partial charge is 0.396 e. The van der Waals surface area contributed by atoms with Gasteiger partial charge in [-0.1, -0.05) is 50.1 Å². The van der Waals surface area contributed by atoms with Crippen LogP contribution in [0.4, 0.5) is 5.69 Å².